The van der Waals surface area contributed by atoms with Crippen molar-refractivity contribution in [3.63, 3.8) is 0 Å². The van der Waals surface area contributed by atoms with E-state index in [4.69, 9.17) is 0 Å². The Labute approximate surface area is 209 Å². The van der Waals surface area contributed by atoms with Crippen molar-refractivity contribution in [1.29, 1.82) is 0 Å². The number of aryl methyl sites for hydroxylation is 1. The Balaban J connectivity index is 1.13. The van der Waals surface area contributed by atoms with Gasteiger partial charge in [-0.2, -0.15) is 0 Å². The highest BCUT2D eigenvalue weighted by Gasteiger charge is 2.51. The van der Waals surface area contributed by atoms with Crippen LogP contribution in [-0.2, 0) is 24.2 Å². The van der Waals surface area contributed by atoms with Crippen molar-refractivity contribution < 1.29 is 4.79 Å². The minimum atomic E-state index is 0.0672. The average molecular weight is 493 g/mol. The smallest absolute Gasteiger partial charge is 0.230 e. The summed E-state index contributed by atoms with van der Waals surface area (Å²) in [4.78, 5) is 14.3. The molecule has 4 aliphatic rings. The molecular formula is C27H32N4OS2. The minimum Gasteiger partial charge on any atom is -0.350 e. The van der Waals surface area contributed by atoms with Gasteiger partial charge in [-0.1, -0.05) is 48.2 Å². The van der Waals surface area contributed by atoms with Gasteiger partial charge in [0.25, 0.3) is 0 Å². The first-order valence-electron chi connectivity index (χ1n) is 12.6. The molecule has 0 atom stereocenters. The molecule has 1 amide bonds. The number of rotatable bonds is 9. The third-order valence-corrected chi connectivity index (χ3v) is 9.79. The maximum Gasteiger partial charge on any atom is 0.230 e. The first-order chi connectivity index (χ1) is 16.6. The number of thiophene rings is 1. The van der Waals surface area contributed by atoms with Crippen LogP contribution in [0.25, 0.3) is 0 Å². The zero-order valence-corrected chi connectivity index (χ0v) is 21.1. The number of nitrogens with zero attached hydrogens (tertiary/aromatic N) is 3. The summed E-state index contributed by atoms with van der Waals surface area (Å²) in [5.74, 6) is 4.04. The number of aromatic nitrogens is 3. The van der Waals surface area contributed by atoms with Crippen LogP contribution in [0.3, 0.4) is 0 Å². The molecule has 0 spiro atoms. The lowest BCUT2D eigenvalue weighted by Gasteiger charge is -2.56. The maximum absolute atomic E-state index is 13.1. The molecule has 2 heterocycles. The van der Waals surface area contributed by atoms with Gasteiger partial charge in [0.2, 0.25) is 5.91 Å². The van der Waals surface area contributed by atoms with Crippen LogP contribution in [-0.4, -0.2) is 32.0 Å². The fraction of sp³-hybridized carbons (Fsp3) is 0.519. The van der Waals surface area contributed by atoms with Gasteiger partial charge < -0.3 is 9.88 Å². The van der Waals surface area contributed by atoms with Gasteiger partial charge in [0, 0.05) is 23.4 Å². The van der Waals surface area contributed by atoms with Crippen LogP contribution in [0.4, 0.5) is 0 Å². The monoisotopic (exact) mass is 492 g/mol. The number of carbonyl (C=O) groups is 1. The van der Waals surface area contributed by atoms with Crippen LogP contribution in [0.2, 0.25) is 0 Å². The summed E-state index contributed by atoms with van der Waals surface area (Å²) in [6.45, 7) is 0.816. The molecule has 3 aromatic rings. The fourth-order valence-electron chi connectivity index (χ4n) is 6.96. The van der Waals surface area contributed by atoms with Crippen molar-refractivity contribution >= 4 is 29.0 Å². The predicted molar refractivity (Wildman–Crippen MR) is 137 cm³/mol. The van der Waals surface area contributed by atoms with E-state index in [9.17, 15) is 4.79 Å². The Morgan fingerprint density at radius 2 is 1.76 bits per heavy atom. The van der Waals surface area contributed by atoms with Crippen molar-refractivity contribution in [1.82, 2.24) is 20.1 Å². The molecule has 4 aliphatic carbocycles. The second-order valence-electron chi connectivity index (χ2n) is 10.6. The average Bonchev–Trinajstić information content (AvgIpc) is 3.46. The highest BCUT2D eigenvalue weighted by molar-refractivity contribution is 7.99. The molecule has 4 bridgehead atoms. The Hall–Kier alpha value is -2.12. The standard InChI is InChI=1S/C27H32N4OS2/c32-25(28-27-15-20-11-21(16-27)13-22(12-20)17-27)18-34-26-30-29-24(14-23-7-4-10-33-23)31(26)9-8-19-5-2-1-3-6-19/h1-7,10,20-22H,8-9,11-18H2,(H,28,32). The van der Waals surface area contributed by atoms with Crippen molar-refractivity contribution in [3.8, 4) is 0 Å². The molecule has 4 saturated carbocycles. The van der Waals surface area contributed by atoms with E-state index in [0.29, 0.717) is 5.75 Å². The van der Waals surface area contributed by atoms with E-state index in [0.717, 1.165) is 48.1 Å². The zero-order chi connectivity index (χ0) is 23.0. The summed E-state index contributed by atoms with van der Waals surface area (Å²) in [5.41, 5.74) is 1.37. The lowest BCUT2D eigenvalue weighted by Crippen LogP contribution is -2.60. The molecule has 2 aromatic heterocycles. The van der Waals surface area contributed by atoms with Crippen LogP contribution in [0.5, 0.6) is 0 Å². The number of thioether (sulfide) groups is 1. The van der Waals surface area contributed by atoms with Crippen molar-refractivity contribution in [2.75, 3.05) is 5.75 Å². The van der Waals surface area contributed by atoms with E-state index < -0.39 is 0 Å². The molecule has 7 rings (SSSR count). The predicted octanol–water partition coefficient (Wildman–Crippen LogP) is 5.35. The van der Waals surface area contributed by atoms with E-state index >= 15 is 0 Å². The minimum absolute atomic E-state index is 0.0672. The van der Waals surface area contributed by atoms with Gasteiger partial charge in [-0.3, -0.25) is 4.79 Å². The van der Waals surface area contributed by atoms with E-state index in [-0.39, 0.29) is 11.4 Å². The summed E-state index contributed by atoms with van der Waals surface area (Å²) in [7, 11) is 0. The number of hydrogen-bond donors (Lipinski definition) is 1. The topological polar surface area (TPSA) is 59.8 Å². The molecule has 178 valence electrons. The number of amides is 1. The highest BCUT2D eigenvalue weighted by atomic mass is 32.2. The SMILES string of the molecule is O=C(CSc1nnc(Cc2cccs2)n1CCc1ccccc1)NC12CC3CC(CC(C3)C1)C2. The van der Waals surface area contributed by atoms with E-state index in [1.807, 2.05) is 6.07 Å². The fourth-order valence-corrected chi connectivity index (χ4v) is 8.45. The lowest BCUT2D eigenvalue weighted by molar-refractivity contribution is -0.124. The summed E-state index contributed by atoms with van der Waals surface area (Å²) >= 11 is 3.28. The normalized spacial score (nSPS) is 27.2. The first kappa shape index (κ1) is 22.4. The van der Waals surface area contributed by atoms with Crippen LogP contribution in [0, 0.1) is 17.8 Å². The number of carbonyl (C=O) groups excluding carboxylic acids is 1. The largest absolute Gasteiger partial charge is 0.350 e. The number of nitrogens with one attached hydrogen (secondary N) is 1. The summed E-state index contributed by atoms with van der Waals surface area (Å²) in [6.07, 6.45) is 9.43. The summed E-state index contributed by atoms with van der Waals surface area (Å²) in [6, 6.07) is 14.8. The molecule has 4 fully saturated rings. The van der Waals surface area contributed by atoms with Crippen molar-refractivity contribution in [2.24, 2.45) is 17.8 Å². The molecule has 0 radical (unpaired) electrons. The summed E-state index contributed by atoms with van der Waals surface area (Å²) in [5, 5.41) is 15.5. The first-order valence-corrected chi connectivity index (χ1v) is 14.4. The molecule has 34 heavy (non-hydrogen) atoms. The molecule has 1 N–H and O–H groups in total. The molecule has 0 saturated heterocycles. The van der Waals surface area contributed by atoms with Gasteiger partial charge in [-0.15, -0.1) is 21.5 Å². The van der Waals surface area contributed by atoms with Crippen LogP contribution in [0.1, 0.15) is 54.8 Å². The molecule has 0 unspecified atom stereocenters. The maximum atomic E-state index is 13.1. The summed E-state index contributed by atoms with van der Waals surface area (Å²) < 4.78 is 2.22. The van der Waals surface area contributed by atoms with Gasteiger partial charge in [0.05, 0.1) is 5.75 Å². The second-order valence-corrected chi connectivity index (χ2v) is 12.6. The van der Waals surface area contributed by atoms with Crippen LogP contribution >= 0.6 is 23.1 Å². The van der Waals surface area contributed by atoms with Crippen LogP contribution in [0.15, 0.2) is 53.0 Å². The van der Waals surface area contributed by atoms with Crippen molar-refractivity contribution in [3.05, 3.63) is 64.1 Å². The second kappa shape index (κ2) is 9.50. The molecule has 7 heteroatoms. The molecule has 1 aromatic carbocycles. The van der Waals surface area contributed by atoms with Crippen molar-refractivity contribution in [2.45, 2.75) is 68.6 Å². The van der Waals surface area contributed by atoms with Gasteiger partial charge in [0.1, 0.15) is 5.82 Å². The van der Waals surface area contributed by atoms with Gasteiger partial charge >= 0.3 is 0 Å². The Bertz CT molecular complexity index is 1090. The number of hydrogen-bond acceptors (Lipinski definition) is 5. The Morgan fingerprint density at radius 3 is 2.44 bits per heavy atom. The van der Waals surface area contributed by atoms with Gasteiger partial charge in [-0.05, 0) is 79.7 Å². The third kappa shape index (κ3) is 4.82. The van der Waals surface area contributed by atoms with E-state index in [2.05, 4.69) is 61.9 Å². The van der Waals surface area contributed by atoms with E-state index in [1.165, 1.54) is 60.7 Å². The van der Waals surface area contributed by atoms with Gasteiger partial charge in [-0.25, -0.2) is 0 Å². The van der Waals surface area contributed by atoms with E-state index in [1.54, 1.807) is 11.3 Å². The molecular weight excluding hydrogens is 460 g/mol. The third-order valence-electron chi connectivity index (χ3n) is 7.95. The zero-order valence-electron chi connectivity index (χ0n) is 19.5. The quantitative estimate of drug-likeness (QED) is 0.409. The lowest BCUT2D eigenvalue weighted by atomic mass is 9.53. The Morgan fingerprint density at radius 1 is 1.03 bits per heavy atom. The van der Waals surface area contributed by atoms with Gasteiger partial charge in [0.15, 0.2) is 5.16 Å². The highest BCUT2D eigenvalue weighted by Crippen LogP contribution is 2.55. The molecule has 0 aliphatic heterocycles. The Kier molecular flexibility index (Phi) is 6.24. The molecule has 5 nitrogen and oxygen atoms in total. The van der Waals surface area contributed by atoms with Crippen LogP contribution < -0.4 is 5.32 Å². The number of benzene rings is 1.